The molecule has 1 aromatic heterocycles. The predicted molar refractivity (Wildman–Crippen MR) is 105 cm³/mol. The van der Waals surface area contributed by atoms with Crippen LogP contribution in [0.3, 0.4) is 0 Å². The first kappa shape index (κ1) is 17.4. The monoisotopic (exact) mass is 389 g/mol. The van der Waals surface area contributed by atoms with E-state index >= 15 is 0 Å². The Morgan fingerprint density at radius 1 is 1.04 bits per heavy atom. The average molecular weight is 390 g/mol. The summed E-state index contributed by atoms with van der Waals surface area (Å²) in [5.41, 5.74) is 1.99. The average Bonchev–Trinajstić information content (AvgIpc) is 3.00. The second kappa shape index (κ2) is 6.61. The van der Waals surface area contributed by atoms with Gasteiger partial charge in [0.15, 0.2) is 0 Å². The summed E-state index contributed by atoms with van der Waals surface area (Å²) in [5.74, 6) is 0. The normalized spacial score (nSPS) is 15.5. The van der Waals surface area contributed by atoms with Gasteiger partial charge >= 0.3 is 0 Å². The first-order valence-corrected chi connectivity index (χ1v) is 10.4. The maximum Gasteiger partial charge on any atom is 0.223 e. The highest BCUT2D eigenvalue weighted by molar-refractivity contribution is 7.91. The van der Waals surface area contributed by atoms with Gasteiger partial charge in [-0.25, -0.2) is 8.42 Å². The molecule has 1 aliphatic heterocycles. The number of aryl methyl sites for hydroxylation is 1. The summed E-state index contributed by atoms with van der Waals surface area (Å²) in [6.45, 7) is 3.64. The summed E-state index contributed by atoms with van der Waals surface area (Å²) in [6, 6.07) is 14.3. The largest absolute Gasteiger partial charge is 0.367 e. The molecule has 0 saturated carbocycles. The Morgan fingerprint density at radius 2 is 1.77 bits per heavy atom. The number of para-hydroxylation sites is 1. The topological polar surface area (TPSA) is 54.3 Å². The van der Waals surface area contributed by atoms with Crippen molar-refractivity contribution in [2.75, 3.05) is 31.1 Å². The fraction of sp³-hybridized carbons (Fsp3) is 0.263. The zero-order chi connectivity index (χ0) is 18.3. The Balaban J connectivity index is 1.90. The van der Waals surface area contributed by atoms with Gasteiger partial charge in [-0.3, -0.25) is 0 Å². The quantitative estimate of drug-likeness (QED) is 0.748. The standard InChI is InChI=1S/C19H20ClN3O2S/c1-22-18(26(24,25)17-8-3-2-6-15(17)20)13-14-5-4-7-16(19(14)22)23-11-9-21-10-12-23/h2-8,13,21H,9-12H2,1H3. The van der Waals surface area contributed by atoms with Crippen LogP contribution in [0.2, 0.25) is 5.02 Å². The van der Waals surface area contributed by atoms with Gasteiger partial charge in [-0.05, 0) is 24.3 Å². The van der Waals surface area contributed by atoms with Crippen LogP contribution < -0.4 is 10.2 Å². The van der Waals surface area contributed by atoms with Gasteiger partial charge in [0.25, 0.3) is 0 Å². The molecule has 4 rings (SSSR count). The van der Waals surface area contributed by atoms with Crippen molar-refractivity contribution in [1.82, 2.24) is 9.88 Å². The Bertz CT molecular complexity index is 1070. The van der Waals surface area contributed by atoms with E-state index in [9.17, 15) is 8.42 Å². The number of piperazine rings is 1. The molecule has 1 fully saturated rings. The first-order chi connectivity index (χ1) is 12.5. The molecule has 1 aliphatic rings. The minimum atomic E-state index is -3.71. The number of sulfone groups is 1. The highest BCUT2D eigenvalue weighted by atomic mass is 35.5. The molecule has 0 unspecified atom stereocenters. The number of halogens is 1. The maximum absolute atomic E-state index is 13.2. The summed E-state index contributed by atoms with van der Waals surface area (Å²) in [4.78, 5) is 2.43. The lowest BCUT2D eigenvalue weighted by atomic mass is 10.2. The zero-order valence-electron chi connectivity index (χ0n) is 14.4. The van der Waals surface area contributed by atoms with Crippen molar-refractivity contribution in [2.24, 2.45) is 7.05 Å². The summed E-state index contributed by atoms with van der Waals surface area (Å²) in [7, 11) is -1.91. The van der Waals surface area contributed by atoms with Gasteiger partial charge in [-0.15, -0.1) is 0 Å². The SMILES string of the molecule is Cn1c(S(=O)(=O)c2ccccc2Cl)cc2cccc(N3CCNCC3)c21. The minimum Gasteiger partial charge on any atom is -0.367 e. The first-order valence-electron chi connectivity index (χ1n) is 8.54. The molecular formula is C19H20ClN3O2S. The molecule has 0 radical (unpaired) electrons. The molecule has 2 aromatic carbocycles. The number of anilines is 1. The fourth-order valence-corrected chi connectivity index (χ4v) is 5.55. The Kier molecular flexibility index (Phi) is 4.42. The molecule has 1 N–H and O–H groups in total. The summed E-state index contributed by atoms with van der Waals surface area (Å²) in [6.07, 6.45) is 0. The van der Waals surface area contributed by atoms with E-state index in [0.29, 0.717) is 0 Å². The van der Waals surface area contributed by atoms with Crippen molar-refractivity contribution >= 4 is 38.0 Å². The van der Waals surface area contributed by atoms with E-state index in [1.807, 2.05) is 12.1 Å². The molecule has 0 spiro atoms. The highest BCUT2D eigenvalue weighted by Crippen LogP contribution is 2.34. The number of nitrogens with one attached hydrogen (secondary N) is 1. The lowest BCUT2D eigenvalue weighted by Gasteiger charge is -2.30. The zero-order valence-corrected chi connectivity index (χ0v) is 16.0. The Labute approximate surface area is 158 Å². The van der Waals surface area contributed by atoms with Crippen molar-refractivity contribution in [3.63, 3.8) is 0 Å². The number of hydrogen-bond acceptors (Lipinski definition) is 4. The van der Waals surface area contributed by atoms with Crippen molar-refractivity contribution in [2.45, 2.75) is 9.92 Å². The smallest absolute Gasteiger partial charge is 0.223 e. The van der Waals surface area contributed by atoms with E-state index < -0.39 is 9.84 Å². The molecule has 1 saturated heterocycles. The molecule has 7 heteroatoms. The number of hydrogen-bond donors (Lipinski definition) is 1. The van der Waals surface area contributed by atoms with Crippen LogP contribution in [0.4, 0.5) is 5.69 Å². The third-order valence-electron chi connectivity index (χ3n) is 4.85. The van der Waals surface area contributed by atoms with Gasteiger partial charge in [0.05, 0.1) is 21.1 Å². The summed E-state index contributed by atoms with van der Waals surface area (Å²) in [5, 5.41) is 4.75. The molecule has 2 heterocycles. The van der Waals surface area contributed by atoms with Gasteiger partial charge in [-0.2, -0.15) is 0 Å². The molecule has 3 aromatic rings. The minimum absolute atomic E-state index is 0.135. The molecule has 0 aliphatic carbocycles. The van der Waals surface area contributed by atoms with Crippen molar-refractivity contribution < 1.29 is 8.42 Å². The third kappa shape index (κ3) is 2.78. The van der Waals surface area contributed by atoms with E-state index in [1.165, 1.54) is 0 Å². The summed E-state index contributed by atoms with van der Waals surface area (Å²) < 4.78 is 28.2. The lowest BCUT2D eigenvalue weighted by molar-refractivity contribution is 0.585. The van der Waals surface area contributed by atoms with Crippen molar-refractivity contribution in [1.29, 1.82) is 0 Å². The van der Waals surface area contributed by atoms with Crippen LogP contribution in [0.15, 0.2) is 58.5 Å². The van der Waals surface area contributed by atoms with E-state index in [2.05, 4.69) is 16.3 Å². The second-order valence-corrected chi connectivity index (χ2v) is 8.70. The molecule has 136 valence electrons. The van der Waals surface area contributed by atoms with E-state index in [-0.39, 0.29) is 14.9 Å². The molecule has 0 amide bonds. The van der Waals surface area contributed by atoms with Crippen LogP contribution in [0.25, 0.3) is 10.9 Å². The van der Waals surface area contributed by atoms with Crippen molar-refractivity contribution in [3.05, 3.63) is 53.6 Å². The predicted octanol–water partition coefficient (Wildman–Crippen LogP) is 3.07. The lowest BCUT2D eigenvalue weighted by Crippen LogP contribution is -2.43. The summed E-state index contributed by atoms with van der Waals surface area (Å²) >= 11 is 6.16. The third-order valence-corrected chi connectivity index (χ3v) is 7.17. The molecule has 0 atom stereocenters. The molecule has 5 nitrogen and oxygen atoms in total. The number of nitrogens with zero attached hydrogens (tertiary/aromatic N) is 2. The van der Waals surface area contributed by atoms with Crippen LogP contribution in [0, 0.1) is 0 Å². The van der Waals surface area contributed by atoms with Crippen LogP contribution in [-0.4, -0.2) is 39.2 Å². The Morgan fingerprint density at radius 3 is 2.50 bits per heavy atom. The van der Waals surface area contributed by atoms with Crippen LogP contribution >= 0.6 is 11.6 Å². The van der Waals surface area contributed by atoms with Crippen LogP contribution in [-0.2, 0) is 16.9 Å². The fourth-order valence-electron chi connectivity index (χ4n) is 3.56. The highest BCUT2D eigenvalue weighted by Gasteiger charge is 2.26. The van der Waals surface area contributed by atoms with E-state index in [0.717, 1.165) is 42.8 Å². The second-order valence-electron chi connectivity index (χ2n) is 6.43. The van der Waals surface area contributed by atoms with Gasteiger partial charge in [0, 0.05) is 38.6 Å². The van der Waals surface area contributed by atoms with Crippen molar-refractivity contribution in [3.8, 4) is 0 Å². The molecular weight excluding hydrogens is 370 g/mol. The molecule has 0 bridgehead atoms. The number of rotatable bonds is 3. The van der Waals surface area contributed by atoms with Gasteiger partial charge < -0.3 is 14.8 Å². The van der Waals surface area contributed by atoms with Gasteiger partial charge in [0.2, 0.25) is 9.84 Å². The molecule has 26 heavy (non-hydrogen) atoms. The van der Waals surface area contributed by atoms with Gasteiger partial charge in [-0.1, -0.05) is 35.9 Å². The van der Waals surface area contributed by atoms with Crippen LogP contribution in [0.1, 0.15) is 0 Å². The number of fused-ring (bicyclic) bond motifs is 1. The Hall–Kier alpha value is -2.02. The van der Waals surface area contributed by atoms with E-state index in [4.69, 9.17) is 11.6 Å². The number of benzene rings is 2. The van der Waals surface area contributed by atoms with Crippen LogP contribution in [0.5, 0.6) is 0 Å². The van der Waals surface area contributed by atoms with Gasteiger partial charge in [0.1, 0.15) is 5.03 Å². The maximum atomic E-state index is 13.2. The number of aromatic nitrogens is 1. The van der Waals surface area contributed by atoms with E-state index in [1.54, 1.807) is 41.9 Å².